The van der Waals surface area contributed by atoms with Gasteiger partial charge in [-0.05, 0) is 37.7 Å². The lowest BCUT2D eigenvalue weighted by Gasteiger charge is -2.22. The molecule has 0 unspecified atom stereocenters. The topological polar surface area (TPSA) is 26.8 Å². The average Bonchev–Trinajstić information content (AvgIpc) is 2.78. The molecule has 1 aromatic rings. The highest BCUT2D eigenvalue weighted by atomic mass is 16.2. The Morgan fingerprint density at radius 3 is 2.79 bits per heavy atom. The molecule has 1 amide bonds. The van der Waals surface area contributed by atoms with Crippen molar-refractivity contribution in [1.29, 1.82) is 0 Å². The van der Waals surface area contributed by atoms with Crippen LogP contribution in [0.15, 0.2) is 18.2 Å². The van der Waals surface area contributed by atoms with Crippen LogP contribution in [0.4, 0.5) is 11.4 Å². The van der Waals surface area contributed by atoms with E-state index in [1.54, 1.807) is 4.90 Å². The Morgan fingerprint density at radius 1 is 1.37 bits per heavy atom. The van der Waals surface area contributed by atoms with Crippen LogP contribution in [0, 0.1) is 0 Å². The van der Waals surface area contributed by atoms with Gasteiger partial charge >= 0.3 is 0 Å². The molecule has 1 aliphatic rings. The summed E-state index contributed by atoms with van der Waals surface area (Å²) in [5, 5.41) is 0. The van der Waals surface area contributed by atoms with E-state index >= 15 is 0 Å². The number of hydrogen-bond donors (Lipinski definition) is 0. The van der Waals surface area contributed by atoms with Gasteiger partial charge in [-0.25, -0.2) is 0 Å². The lowest BCUT2D eigenvalue weighted by molar-refractivity contribution is -0.119. The van der Waals surface area contributed by atoms with Gasteiger partial charge in [0.15, 0.2) is 0 Å². The van der Waals surface area contributed by atoms with E-state index in [2.05, 4.69) is 31.0 Å². The number of hydrogen-bond acceptors (Lipinski definition) is 3. The van der Waals surface area contributed by atoms with Crippen molar-refractivity contribution >= 4 is 17.3 Å². The van der Waals surface area contributed by atoms with Gasteiger partial charge in [0, 0.05) is 32.0 Å². The molecule has 0 fully saturated rings. The fourth-order valence-electron chi connectivity index (χ4n) is 2.33. The summed E-state index contributed by atoms with van der Waals surface area (Å²) in [5.41, 5.74) is 3.60. The number of anilines is 2. The number of carbonyl (C=O) groups is 1. The molecule has 0 aromatic heterocycles. The lowest BCUT2D eigenvalue weighted by Crippen LogP contribution is -2.36. The number of rotatable bonds is 4. The van der Waals surface area contributed by atoms with Crippen LogP contribution in [-0.2, 0) is 11.2 Å². The number of benzene rings is 1. The summed E-state index contributed by atoms with van der Waals surface area (Å²) < 4.78 is 0. The standard InChI is InChI=1S/C15H23N3O/c1-5-16(2)11-15(19)18(4)13-7-6-12-8-9-17(3)14(12)10-13/h6-7,10H,5,8-9,11H2,1-4H3. The molecule has 104 valence electrons. The predicted octanol–water partition coefficient (Wildman–Crippen LogP) is 1.59. The first-order valence-corrected chi connectivity index (χ1v) is 6.82. The summed E-state index contributed by atoms with van der Waals surface area (Å²) >= 11 is 0. The van der Waals surface area contributed by atoms with Crippen LogP contribution < -0.4 is 9.80 Å². The van der Waals surface area contributed by atoms with Gasteiger partial charge in [-0.3, -0.25) is 9.69 Å². The summed E-state index contributed by atoms with van der Waals surface area (Å²) in [6.07, 6.45) is 1.10. The van der Waals surface area contributed by atoms with Crippen LogP contribution in [0.1, 0.15) is 12.5 Å². The van der Waals surface area contributed by atoms with Crippen molar-refractivity contribution < 1.29 is 4.79 Å². The first-order chi connectivity index (χ1) is 9.02. The van der Waals surface area contributed by atoms with Crippen molar-refractivity contribution in [2.24, 2.45) is 0 Å². The van der Waals surface area contributed by atoms with Gasteiger partial charge in [-0.15, -0.1) is 0 Å². The van der Waals surface area contributed by atoms with Crippen LogP contribution in [0.3, 0.4) is 0 Å². The predicted molar refractivity (Wildman–Crippen MR) is 80.0 cm³/mol. The fraction of sp³-hybridized carbons (Fsp3) is 0.533. The maximum absolute atomic E-state index is 12.2. The quantitative estimate of drug-likeness (QED) is 0.823. The SMILES string of the molecule is CCN(C)CC(=O)N(C)c1ccc2c(c1)N(C)CC2. The summed E-state index contributed by atoms with van der Waals surface area (Å²) in [4.78, 5) is 18.2. The van der Waals surface area contributed by atoms with Gasteiger partial charge in [-0.2, -0.15) is 0 Å². The minimum atomic E-state index is 0.130. The van der Waals surface area contributed by atoms with Crippen molar-refractivity contribution in [2.75, 3.05) is 50.6 Å². The summed E-state index contributed by atoms with van der Waals surface area (Å²) in [7, 11) is 5.91. The molecule has 1 aromatic carbocycles. The van der Waals surface area contributed by atoms with Crippen molar-refractivity contribution in [3.63, 3.8) is 0 Å². The molecule has 0 N–H and O–H groups in total. The second-order valence-corrected chi connectivity index (χ2v) is 5.27. The second-order valence-electron chi connectivity index (χ2n) is 5.27. The molecule has 0 saturated heterocycles. The van der Waals surface area contributed by atoms with Crippen molar-refractivity contribution in [3.8, 4) is 0 Å². The molecule has 0 bridgehead atoms. The van der Waals surface area contributed by atoms with Gasteiger partial charge in [0.1, 0.15) is 0 Å². The Morgan fingerprint density at radius 2 is 2.11 bits per heavy atom. The molecular weight excluding hydrogens is 238 g/mol. The van der Waals surface area contributed by atoms with Gasteiger partial charge in [0.25, 0.3) is 0 Å². The molecule has 4 heteroatoms. The first-order valence-electron chi connectivity index (χ1n) is 6.82. The summed E-state index contributed by atoms with van der Waals surface area (Å²) in [6.45, 7) is 4.46. The van der Waals surface area contributed by atoms with Crippen molar-refractivity contribution in [1.82, 2.24) is 4.90 Å². The van der Waals surface area contributed by atoms with Gasteiger partial charge in [0.05, 0.1) is 6.54 Å². The minimum absolute atomic E-state index is 0.130. The van der Waals surface area contributed by atoms with Crippen LogP contribution in [-0.4, -0.2) is 51.6 Å². The molecule has 19 heavy (non-hydrogen) atoms. The maximum atomic E-state index is 12.2. The number of fused-ring (bicyclic) bond motifs is 1. The molecule has 0 radical (unpaired) electrons. The van der Waals surface area contributed by atoms with E-state index in [4.69, 9.17) is 0 Å². The third-order valence-electron chi connectivity index (χ3n) is 3.90. The van der Waals surface area contributed by atoms with E-state index in [-0.39, 0.29) is 5.91 Å². The largest absolute Gasteiger partial charge is 0.374 e. The number of carbonyl (C=O) groups excluding carboxylic acids is 1. The first kappa shape index (κ1) is 13.9. The van der Waals surface area contributed by atoms with E-state index in [9.17, 15) is 4.79 Å². The van der Waals surface area contributed by atoms with Crippen LogP contribution in [0.2, 0.25) is 0 Å². The highest BCUT2D eigenvalue weighted by Gasteiger charge is 2.19. The molecule has 1 heterocycles. The Labute approximate surface area is 115 Å². The zero-order valence-electron chi connectivity index (χ0n) is 12.3. The Kier molecular flexibility index (Phi) is 4.10. The highest BCUT2D eigenvalue weighted by Crippen LogP contribution is 2.30. The zero-order valence-corrected chi connectivity index (χ0v) is 12.3. The zero-order chi connectivity index (χ0) is 14.0. The second kappa shape index (κ2) is 5.61. The number of amides is 1. The molecule has 0 aliphatic carbocycles. The Hall–Kier alpha value is -1.55. The third kappa shape index (κ3) is 2.89. The van der Waals surface area contributed by atoms with E-state index in [1.165, 1.54) is 11.3 Å². The Balaban J connectivity index is 2.14. The maximum Gasteiger partial charge on any atom is 0.240 e. The van der Waals surface area contributed by atoms with Gasteiger partial charge in [-0.1, -0.05) is 13.0 Å². The summed E-state index contributed by atoms with van der Waals surface area (Å²) in [5.74, 6) is 0.130. The highest BCUT2D eigenvalue weighted by molar-refractivity contribution is 5.95. The van der Waals surface area contributed by atoms with E-state index in [1.807, 2.05) is 25.1 Å². The monoisotopic (exact) mass is 261 g/mol. The van der Waals surface area contributed by atoms with Crippen LogP contribution in [0.5, 0.6) is 0 Å². The van der Waals surface area contributed by atoms with E-state index in [0.717, 1.165) is 25.2 Å². The van der Waals surface area contributed by atoms with Gasteiger partial charge < -0.3 is 9.80 Å². The Bertz CT molecular complexity index is 472. The molecule has 0 spiro atoms. The molecule has 0 atom stereocenters. The van der Waals surface area contributed by atoms with Crippen molar-refractivity contribution in [2.45, 2.75) is 13.3 Å². The summed E-state index contributed by atoms with van der Waals surface area (Å²) in [6, 6.07) is 6.30. The molecule has 2 rings (SSSR count). The molecule has 1 aliphatic heterocycles. The third-order valence-corrected chi connectivity index (χ3v) is 3.90. The van der Waals surface area contributed by atoms with Crippen molar-refractivity contribution in [3.05, 3.63) is 23.8 Å². The molecule has 0 saturated carbocycles. The smallest absolute Gasteiger partial charge is 0.240 e. The molecular formula is C15H23N3O. The molecule has 4 nitrogen and oxygen atoms in total. The van der Waals surface area contributed by atoms with Crippen LogP contribution in [0.25, 0.3) is 0 Å². The van der Waals surface area contributed by atoms with Gasteiger partial charge in [0.2, 0.25) is 5.91 Å². The van der Waals surface area contributed by atoms with E-state index in [0.29, 0.717) is 6.54 Å². The number of nitrogens with zero attached hydrogens (tertiary/aromatic N) is 3. The number of likely N-dealkylation sites (N-methyl/N-ethyl adjacent to an activating group) is 3. The van der Waals surface area contributed by atoms with Crippen LogP contribution >= 0.6 is 0 Å². The lowest BCUT2D eigenvalue weighted by atomic mass is 10.1. The normalized spacial score (nSPS) is 13.8. The fourth-order valence-corrected chi connectivity index (χ4v) is 2.33. The average molecular weight is 261 g/mol. The van der Waals surface area contributed by atoms with E-state index < -0.39 is 0 Å². The minimum Gasteiger partial charge on any atom is -0.374 e.